The molecule has 0 aromatic carbocycles. The minimum atomic E-state index is 0.808. The van der Waals surface area contributed by atoms with E-state index in [2.05, 4.69) is 13.5 Å². The molecule has 0 saturated carbocycles. The first-order valence-electron chi connectivity index (χ1n) is 3.73. The average Bonchev–Trinajstić information content (AvgIpc) is 1.85. The molecule has 1 rings (SSSR count). The minimum absolute atomic E-state index is 0.808. The van der Waals surface area contributed by atoms with E-state index in [0.29, 0.717) is 0 Å². The van der Waals surface area contributed by atoms with E-state index in [0.717, 1.165) is 17.9 Å². The van der Waals surface area contributed by atoms with Crippen molar-refractivity contribution in [1.29, 1.82) is 0 Å². The van der Waals surface area contributed by atoms with Crippen LogP contribution in [-0.4, -0.2) is 0 Å². The first kappa shape index (κ1) is 7.99. The Morgan fingerprint density at radius 2 is 2.18 bits per heavy atom. The lowest BCUT2D eigenvalue weighted by molar-refractivity contribution is 0.475. The normalized spacial score (nSPS) is 9.64. The van der Waals surface area contributed by atoms with Crippen LogP contribution in [0.5, 0.6) is 0 Å². The molecule has 1 nitrogen and oxygen atoms in total. The van der Waals surface area contributed by atoms with E-state index in [4.69, 9.17) is 4.42 Å². The van der Waals surface area contributed by atoms with Crippen LogP contribution in [0.15, 0.2) is 29.2 Å². The lowest BCUT2D eigenvalue weighted by Gasteiger charge is -1.88. The molecule has 0 saturated heterocycles. The highest BCUT2D eigenvalue weighted by Crippen LogP contribution is 2.09. The number of aryl methyl sites for hydroxylation is 2. The van der Waals surface area contributed by atoms with E-state index in [1.54, 1.807) is 0 Å². The summed E-state index contributed by atoms with van der Waals surface area (Å²) in [6.07, 6.45) is 2.65. The Hall–Kier alpha value is -1.11. The molecule has 0 atom stereocenters. The zero-order valence-corrected chi connectivity index (χ0v) is 7.05. The van der Waals surface area contributed by atoms with Crippen LogP contribution in [0.1, 0.15) is 17.1 Å². The smallest absolute Gasteiger partial charge is 0.218 e. The van der Waals surface area contributed by atoms with Crippen molar-refractivity contribution >= 4 is 0 Å². The molecule has 1 heterocycles. The fourth-order valence-electron chi connectivity index (χ4n) is 1.12. The van der Waals surface area contributed by atoms with Gasteiger partial charge in [-0.2, -0.15) is 0 Å². The standard InChI is InChI=1S/C10H13O/c1-4-5-10-7-8(2)6-9(3)11-10/h4,6-7H,1,5H2,2-3H3/q+1. The van der Waals surface area contributed by atoms with Gasteiger partial charge in [-0.1, -0.05) is 6.08 Å². The number of hydrogen-bond donors (Lipinski definition) is 0. The van der Waals surface area contributed by atoms with Gasteiger partial charge in [0.05, 0.1) is 13.3 Å². The van der Waals surface area contributed by atoms with Gasteiger partial charge in [-0.05, 0) is 12.5 Å². The molecule has 0 N–H and O–H groups in total. The van der Waals surface area contributed by atoms with Gasteiger partial charge < -0.3 is 0 Å². The Morgan fingerprint density at radius 1 is 1.45 bits per heavy atom. The highest BCUT2D eigenvalue weighted by Gasteiger charge is 2.07. The summed E-state index contributed by atoms with van der Waals surface area (Å²) in [4.78, 5) is 0. The van der Waals surface area contributed by atoms with Gasteiger partial charge in [0.1, 0.15) is 0 Å². The predicted molar refractivity (Wildman–Crippen MR) is 46.5 cm³/mol. The highest BCUT2D eigenvalue weighted by atomic mass is 16.3. The van der Waals surface area contributed by atoms with Crippen molar-refractivity contribution < 1.29 is 4.42 Å². The maximum atomic E-state index is 5.43. The molecule has 0 aliphatic heterocycles. The van der Waals surface area contributed by atoms with Gasteiger partial charge in [-0.3, -0.25) is 0 Å². The van der Waals surface area contributed by atoms with Crippen molar-refractivity contribution in [3.63, 3.8) is 0 Å². The molecule has 0 spiro atoms. The fourth-order valence-corrected chi connectivity index (χ4v) is 1.12. The third kappa shape index (κ3) is 2.19. The van der Waals surface area contributed by atoms with Crippen LogP contribution in [0.2, 0.25) is 0 Å². The second kappa shape index (κ2) is 3.33. The first-order valence-corrected chi connectivity index (χ1v) is 3.73. The summed E-state index contributed by atoms with van der Waals surface area (Å²) in [6, 6.07) is 4.06. The summed E-state index contributed by atoms with van der Waals surface area (Å²) < 4.78 is 5.43. The molecule has 0 radical (unpaired) electrons. The molecule has 1 heteroatoms. The third-order valence-electron chi connectivity index (χ3n) is 1.46. The monoisotopic (exact) mass is 149 g/mol. The Bertz CT molecular complexity index is 243. The van der Waals surface area contributed by atoms with Crippen molar-refractivity contribution in [3.8, 4) is 0 Å². The van der Waals surface area contributed by atoms with Crippen LogP contribution >= 0.6 is 0 Å². The molecule has 1 aromatic rings. The van der Waals surface area contributed by atoms with E-state index in [1.165, 1.54) is 5.56 Å². The molecule has 0 aliphatic rings. The number of rotatable bonds is 2. The highest BCUT2D eigenvalue weighted by molar-refractivity contribution is 5.16. The predicted octanol–water partition coefficient (Wildman–Crippen LogP) is 2.91. The summed E-state index contributed by atoms with van der Waals surface area (Å²) in [5.41, 5.74) is 1.24. The van der Waals surface area contributed by atoms with Crippen molar-refractivity contribution in [1.82, 2.24) is 0 Å². The van der Waals surface area contributed by atoms with Gasteiger partial charge in [-0.15, -0.1) is 6.58 Å². The molecule has 0 unspecified atom stereocenters. The van der Waals surface area contributed by atoms with Gasteiger partial charge in [0.15, 0.2) is 0 Å². The quantitative estimate of drug-likeness (QED) is 0.465. The topological polar surface area (TPSA) is 11.3 Å². The number of allylic oxidation sites excluding steroid dienone is 1. The van der Waals surface area contributed by atoms with Crippen molar-refractivity contribution in [2.45, 2.75) is 20.3 Å². The Balaban J connectivity index is 2.98. The van der Waals surface area contributed by atoms with E-state index >= 15 is 0 Å². The van der Waals surface area contributed by atoms with E-state index in [1.807, 2.05) is 25.1 Å². The second-order valence-electron chi connectivity index (χ2n) is 2.70. The van der Waals surface area contributed by atoms with E-state index in [-0.39, 0.29) is 0 Å². The van der Waals surface area contributed by atoms with Gasteiger partial charge >= 0.3 is 11.5 Å². The summed E-state index contributed by atoms with van der Waals surface area (Å²) in [6.45, 7) is 7.68. The summed E-state index contributed by atoms with van der Waals surface area (Å²) in [7, 11) is 0. The van der Waals surface area contributed by atoms with Crippen molar-refractivity contribution in [3.05, 3.63) is 41.9 Å². The molecular weight excluding hydrogens is 136 g/mol. The Kier molecular flexibility index (Phi) is 2.42. The summed E-state index contributed by atoms with van der Waals surface area (Å²) in [5, 5.41) is 0. The zero-order valence-electron chi connectivity index (χ0n) is 7.05. The molecule has 0 bridgehead atoms. The largest absolute Gasteiger partial charge is 0.333 e. The van der Waals surface area contributed by atoms with Crippen molar-refractivity contribution in [2.24, 2.45) is 0 Å². The lowest BCUT2D eigenvalue weighted by atomic mass is 10.2. The van der Waals surface area contributed by atoms with Crippen LogP contribution in [-0.2, 0) is 6.42 Å². The minimum Gasteiger partial charge on any atom is -0.218 e. The van der Waals surface area contributed by atoms with Gasteiger partial charge in [0, 0.05) is 12.1 Å². The maximum Gasteiger partial charge on any atom is 0.333 e. The summed E-state index contributed by atoms with van der Waals surface area (Å²) >= 11 is 0. The van der Waals surface area contributed by atoms with Crippen molar-refractivity contribution in [2.75, 3.05) is 0 Å². The number of hydrogen-bond acceptors (Lipinski definition) is 0. The van der Waals surface area contributed by atoms with Gasteiger partial charge in [-0.25, -0.2) is 4.42 Å². The Morgan fingerprint density at radius 3 is 2.73 bits per heavy atom. The molecular formula is C10H13O+. The molecule has 11 heavy (non-hydrogen) atoms. The fraction of sp³-hybridized carbons (Fsp3) is 0.300. The van der Waals surface area contributed by atoms with Gasteiger partial charge in [0.25, 0.3) is 0 Å². The SMILES string of the molecule is C=CCc1cc(C)cc(C)[o+]1. The lowest BCUT2D eigenvalue weighted by Crippen LogP contribution is -1.84. The second-order valence-corrected chi connectivity index (χ2v) is 2.70. The average molecular weight is 149 g/mol. The maximum absolute atomic E-state index is 5.43. The molecule has 0 amide bonds. The van der Waals surface area contributed by atoms with Crippen LogP contribution in [0.4, 0.5) is 0 Å². The molecule has 58 valence electrons. The van der Waals surface area contributed by atoms with Crippen LogP contribution < -0.4 is 0 Å². The summed E-state index contributed by atoms with van der Waals surface area (Å²) in [5.74, 6) is 1.94. The molecule has 0 fully saturated rings. The van der Waals surface area contributed by atoms with Crippen LogP contribution in [0.25, 0.3) is 0 Å². The van der Waals surface area contributed by atoms with E-state index < -0.39 is 0 Å². The van der Waals surface area contributed by atoms with Crippen LogP contribution in [0.3, 0.4) is 0 Å². The third-order valence-corrected chi connectivity index (χ3v) is 1.46. The zero-order chi connectivity index (χ0) is 8.27. The molecule has 0 aliphatic carbocycles. The van der Waals surface area contributed by atoms with Gasteiger partial charge in [0.2, 0.25) is 0 Å². The molecule has 1 aromatic heterocycles. The van der Waals surface area contributed by atoms with E-state index in [9.17, 15) is 0 Å². The first-order chi connectivity index (χ1) is 5.22. The van der Waals surface area contributed by atoms with Crippen LogP contribution in [0, 0.1) is 13.8 Å². The Labute approximate surface area is 67.4 Å².